The molecule has 7 nitrogen and oxygen atoms in total. The largest absolute Gasteiger partial charge is 0.494 e. The first-order chi connectivity index (χ1) is 17.1. The van der Waals surface area contributed by atoms with Gasteiger partial charge in [0.1, 0.15) is 5.75 Å². The molecular formula is C26H31F3N2O5. The third kappa shape index (κ3) is 7.13. The molecule has 2 aromatic rings. The topological polar surface area (TPSA) is 68.3 Å². The van der Waals surface area contributed by atoms with Gasteiger partial charge in [0.25, 0.3) is 0 Å². The van der Waals surface area contributed by atoms with Crippen molar-refractivity contribution in [1.29, 1.82) is 0 Å². The van der Waals surface area contributed by atoms with Crippen molar-refractivity contribution in [3.8, 4) is 5.75 Å². The van der Waals surface area contributed by atoms with Gasteiger partial charge in [-0.05, 0) is 42.3 Å². The molecule has 0 bridgehead atoms. The maximum atomic E-state index is 12.8. The lowest BCUT2D eigenvalue weighted by atomic mass is 10.1. The SMILES string of the molecule is CCOC(=O)[C@H](Cc1ccc(OCC[C@H]2CN(Cc3ccc(C(F)(F)F)cc3)C(=O)N2C)cc1)OC. The summed E-state index contributed by atoms with van der Waals surface area (Å²) in [5.41, 5.74) is 0.833. The van der Waals surface area contributed by atoms with Crippen LogP contribution in [0.4, 0.5) is 18.0 Å². The molecule has 0 unspecified atom stereocenters. The predicted octanol–water partition coefficient (Wildman–Crippen LogP) is 4.53. The van der Waals surface area contributed by atoms with Crippen LogP contribution in [-0.2, 0) is 33.4 Å². The Labute approximate surface area is 208 Å². The Balaban J connectivity index is 1.47. The quantitative estimate of drug-likeness (QED) is 0.417. The molecule has 0 saturated carbocycles. The van der Waals surface area contributed by atoms with E-state index in [4.69, 9.17) is 14.2 Å². The maximum Gasteiger partial charge on any atom is 0.416 e. The van der Waals surface area contributed by atoms with Crippen molar-refractivity contribution in [3.63, 3.8) is 0 Å². The molecule has 0 aromatic heterocycles. The van der Waals surface area contributed by atoms with Crippen LogP contribution >= 0.6 is 0 Å². The summed E-state index contributed by atoms with van der Waals surface area (Å²) in [5.74, 6) is 0.264. The van der Waals surface area contributed by atoms with Crippen molar-refractivity contribution in [1.82, 2.24) is 9.80 Å². The second-order valence-corrected chi connectivity index (χ2v) is 8.58. The number of esters is 1. The zero-order valence-corrected chi connectivity index (χ0v) is 20.6. The summed E-state index contributed by atoms with van der Waals surface area (Å²) in [6.45, 7) is 3.13. The molecule has 1 aliphatic rings. The van der Waals surface area contributed by atoms with Crippen molar-refractivity contribution in [3.05, 3.63) is 65.2 Å². The molecule has 0 radical (unpaired) electrons. The van der Waals surface area contributed by atoms with Gasteiger partial charge >= 0.3 is 18.2 Å². The standard InChI is InChI=1S/C26H31F3N2O5/c1-4-35-24(32)23(34-3)15-18-7-11-22(12-8-18)36-14-13-21-17-31(25(33)30(21)2)16-19-5-9-20(10-6-19)26(27,28)29/h5-12,21,23H,4,13-17H2,1-3H3/t21-,23-/m0/s1. The van der Waals surface area contributed by atoms with Crippen LogP contribution in [0.5, 0.6) is 5.75 Å². The van der Waals surface area contributed by atoms with Gasteiger partial charge in [0.15, 0.2) is 6.10 Å². The monoisotopic (exact) mass is 508 g/mol. The molecule has 36 heavy (non-hydrogen) atoms. The Kier molecular flexibility index (Phi) is 9.19. The van der Waals surface area contributed by atoms with E-state index in [1.165, 1.54) is 19.2 Å². The molecule has 0 N–H and O–H groups in total. The van der Waals surface area contributed by atoms with Gasteiger partial charge in [0.05, 0.1) is 24.8 Å². The molecule has 2 amide bonds. The average molecular weight is 509 g/mol. The van der Waals surface area contributed by atoms with Crippen LogP contribution in [0.3, 0.4) is 0 Å². The highest BCUT2D eigenvalue weighted by Gasteiger charge is 2.34. The van der Waals surface area contributed by atoms with E-state index in [0.717, 1.165) is 17.7 Å². The van der Waals surface area contributed by atoms with Crippen LogP contribution in [0.15, 0.2) is 48.5 Å². The number of urea groups is 1. The van der Waals surface area contributed by atoms with Gasteiger partial charge in [-0.3, -0.25) is 0 Å². The highest BCUT2D eigenvalue weighted by molar-refractivity contribution is 5.77. The number of hydrogen-bond acceptors (Lipinski definition) is 5. The summed E-state index contributed by atoms with van der Waals surface area (Å²) in [6, 6.07) is 12.0. The van der Waals surface area contributed by atoms with Crippen LogP contribution in [0.1, 0.15) is 30.0 Å². The number of likely N-dealkylation sites (N-methyl/N-ethyl adjacent to an activating group) is 1. The molecule has 3 rings (SSSR count). The number of methoxy groups -OCH3 is 1. The molecule has 10 heteroatoms. The summed E-state index contributed by atoms with van der Waals surface area (Å²) in [6.07, 6.45) is -4.07. The molecular weight excluding hydrogens is 477 g/mol. The Morgan fingerprint density at radius 3 is 2.31 bits per heavy atom. The van der Waals surface area contributed by atoms with Crippen molar-refractivity contribution in [2.45, 2.75) is 44.6 Å². The minimum Gasteiger partial charge on any atom is -0.494 e. The fourth-order valence-electron chi connectivity index (χ4n) is 4.02. The van der Waals surface area contributed by atoms with Crippen LogP contribution < -0.4 is 4.74 Å². The van der Waals surface area contributed by atoms with Crippen LogP contribution in [0, 0.1) is 0 Å². The van der Waals surface area contributed by atoms with E-state index in [2.05, 4.69) is 0 Å². The minimum atomic E-state index is -4.39. The molecule has 0 aliphatic carbocycles. The molecule has 2 aromatic carbocycles. The van der Waals surface area contributed by atoms with Crippen molar-refractivity contribution in [2.24, 2.45) is 0 Å². The van der Waals surface area contributed by atoms with Crippen LogP contribution in [0.25, 0.3) is 0 Å². The number of benzene rings is 2. The summed E-state index contributed by atoms with van der Waals surface area (Å²) in [7, 11) is 3.18. The highest BCUT2D eigenvalue weighted by atomic mass is 19.4. The lowest BCUT2D eigenvalue weighted by Crippen LogP contribution is -2.31. The van der Waals surface area contributed by atoms with Crippen molar-refractivity contribution >= 4 is 12.0 Å². The number of carbonyl (C=O) groups is 2. The van der Waals surface area contributed by atoms with Gasteiger partial charge in [-0.1, -0.05) is 24.3 Å². The number of hydrogen-bond donors (Lipinski definition) is 0. The Morgan fingerprint density at radius 1 is 1.08 bits per heavy atom. The average Bonchev–Trinajstić information content (AvgIpc) is 3.11. The maximum absolute atomic E-state index is 12.8. The molecule has 1 aliphatic heterocycles. The van der Waals surface area contributed by atoms with E-state index >= 15 is 0 Å². The summed E-state index contributed by atoms with van der Waals surface area (Å²) < 4.78 is 54.4. The fourth-order valence-corrected chi connectivity index (χ4v) is 4.02. The first-order valence-corrected chi connectivity index (χ1v) is 11.7. The van der Waals surface area contributed by atoms with Gasteiger partial charge in [0, 0.05) is 40.1 Å². The molecule has 1 fully saturated rings. The lowest BCUT2D eigenvalue weighted by Gasteiger charge is -2.18. The Bertz CT molecular complexity index is 1010. The molecule has 0 spiro atoms. The van der Waals surface area contributed by atoms with Gasteiger partial charge in [-0.15, -0.1) is 0 Å². The number of ether oxygens (including phenoxy) is 3. The van der Waals surface area contributed by atoms with E-state index in [9.17, 15) is 22.8 Å². The number of halogens is 3. The van der Waals surface area contributed by atoms with Crippen molar-refractivity contribution < 1.29 is 37.0 Å². The van der Waals surface area contributed by atoms with Gasteiger partial charge in [-0.25, -0.2) is 9.59 Å². The lowest BCUT2D eigenvalue weighted by molar-refractivity contribution is -0.154. The predicted molar refractivity (Wildman–Crippen MR) is 126 cm³/mol. The van der Waals surface area contributed by atoms with Crippen LogP contribution in [0.2, 0.25) is 0 Å². The van der Waals surface area contributed by atoms with E-state index in [1.807, 2.05) is 24.3 Å². The number of nitrogens with zero attached hydrogens (tertiary/aromatic N) is 2. The fraction of sp³-hybridized carbons (Fsp3) is 0.462. The third-order valence-corrected chi connectivity index (χ3v) is 6.10. The smallest absolute Gasteiger partial charge is 0.416 e. The number of carbonyl (C=O) groups excluding carboxylic acids is 2. The van der Waals surface area contributed by atoms with E-state index in [1.54, 1.807) is 23.8 Å². The summed E-state index contributed by atoms with van der Waals surface area (Å²) in [4.78, 5) is 27.8. The first-order valence-electron chi connectivity index (χ1n) is 11.7. The molecule has 196 valence electrons. The zero-order chi connectivity index (χ0) is 26.3. The zero-order valence-electron chi connectivity index (χ0n) is 20.6. The Morgan fingerprint density at radius 2 is 1.72 bits per heavy atom. The van der Waals surface area contributed by atoms with E-state index < -0.39 is 23.8 Å². The number of alkyl halides is 3. The summed E-state index contributed by atoms with van der Waals surface area (Å²) in [5, 5.41) is 0. The molecule has 1 saturated heterocycles. The molecule has 2 atom stereocenters. The highest BCUT2D eigenvalue weighted by Crippen LogP contribution is 2.29. The molecule has 1 heterocycles. The van der Waals surface area contributed by atoms with E-state index in [0.29, 0.717) is 43.9 Å². The normalized spacial score (nSPS) is 16.8. The third-order valence-electron chi connectivity index (χ3n) is 6.10. The summed E-state index contributed by atoms with van der Waals surface area (Å²) >= 11 is 0. The van der Waals surface area contributed by atoms with Gasteiger partial charge in [-0.2, -0.15) is 13.2 Å². The first kappa shape index (κ1) is 27.3. The second-order valence-electron chi connectivity index (χ2n) is 8.58. The Hall–Kier alpha value is -3.27. The van der Waals surface area contributed by atoms with Gasteiger partial charge < -0.3 is 24.0 Å². The van der Waals surface area contributed by atoms with Gasteiger partial charge in [0.2, 0.25) is 0 Å². The van der Waals surface area contributed by atoms with Crippen LogP contribution in [-0.4, -0.2) is 67.9 Å². The number of rotatable bonds is 11. The number of amides is 2. The van der Waals surface area contributed by atoms with E-state index in [-0.39, 0.29) is 18.6 Å². The second kappa shape index (κ2) is 12.1. The minimum absolute atomic E-state index is 0.0711. The van der Waals surface area contributed by atoms with Crippen molar-refractivity contribution in [2.75, 3.05) is 33.9 Å².